The van der Waals surface area contributed by atoms with Crippen LogP contribution in [-0.2, 0) is 9.84 Å². The first-order valence-electron chi connectivity index (χ1n) is 6.14. The van der Waals surface area contributed by atoms with E-state index in [1.165, 1.54) is 0 Å². The molecule has 2 saturated heterocycles. The van der Waals surface area contributed by atoms with Gasteiger partial charge >= 0.3 is 0 Å². The number of likely N-dealkylation sites (tertiary alicyclic amines) is 1. The van der Waals surface area contributed by atoms with Crippen LogP contribution in [0.15, 0.2) is 0 Å². The average Bonchev–Trinajstić information content (AvgIpc) is 2.73. The minimum absolute atomic E-state index is 0.108. The van der Waals surface area contributed by atoms with Crippen LogP contribution in [-0.4, -0.2) is 56.0 Å². The van der Waals surface area contributed by atoms with Crippen molar-refractivity contribution in [1.82, 2.24) is 10.2 Å². The molecule has 5 heteroatoms. The fourth-order valence-electron chi connectivity index (χ4n) is 2.95. The Morgan fingerprint density at radius 2 is 2.25 bits per heavy atom. The molecule has 0 spiro atoms. The first kappa shape index (κ1) is 12.3. The van der Waals surface area contributed by atoms with Gasteiger partial charge in [-0.05, 0) is 26.3 Å². The summed E-state index contributed by atoms with van der Waals surface area (Å²) in [5.74, 6) is 0.713. The van der Waals surface area contributed by atoms with Crippen LogP contribution in [0.3, 0.4) is 0 Å². The first-order chi connectivity index (χ1) is 7.45. The van der Waals surface area contributed by atoms with Crippen LogP contribution >= 0.6 is 0 Å². The molecule has 2 rings (SSSR count). The Kier molecular flexibility index (Phi) is 3.29. The summed E-state index contributed by atoms with van der Waals surface area (Å²) in [5.41, 5.74) is -0.108. The zero-order valence-electron chi connectivity index (χ0n) is 10.2. The summed E-state index contributed by atoms with van der Waals surface area (Å²) in [6.07, 6.45) is 1.94. The van der Waals surface area contributed by atoms with Crippen molar-refractivity contribution in [2.45, 2.75) is 38.3 Å². The van der Waals surface area contributed by atoms with E-state index in [1.807, 2.05) is 0 Å². The zero-order valence-corrected chi connectivity index (χ0v) is 11.0. The Bertz CT molecular complexity index is 355. The Labute approximate surface area is 98.3 Å². The molecule has 2 unspecified atom stereocenters. The zero-order chi connectivity index (χ0) is 11.8. The molecule has 1 N–H and O–H groups in total. The van der Waals surface area contributed by atoms with Gasteiger partial charge in [-0.25, -0.2) is 8.42 Å². The standard InChI is InChI=1S/C11H22N2O2S/c1-3-12-10-4-6-13(8-10)11(2)5-7-16(14,15)9-11/h10,12H,3-9H2,1-2H3. The molecule has 0 aromatic carbocycles. The lowest BCUT2D eigenvalue weighted by Gasteiger charge is -2.34. The maximum Gasteiger partial charge on any atom is 0.152 e. The summed E-state index contributed by atoms with van der Waals surface area (Å²) in [6, 6.07) is 0.546. The Morgan fingerprint density at radius 1 is 1.50 bits per heavy atom. The third kappa shape index (κ3) is 2.41. The van der Waals surface area contributed by atoms with Gasteiger partial charge in [0.25, 0.3) is 0 Å². The number of rotatable bonds is 3. The van der Waals surface area contributed by atoms with E-state index >= 15 is 0 Å². The van der Waals surface area contributed by atoms with Gasteiger partial charge in [-0.15, -0.1) is 0 Å². The van der Waals surface area contributed by atoms with Crippen molar-refractivity contribution in [2.24, 2.45) is 0 Å². The van der Waals surface area contributed by atoms with Crippen LogP contribution < -0.4 is 5.32 Å². The predicted octanol–water partition coefficient (Wildman–Crippen LogP) is 0.247. The van der Waals surface area contributed by atoms with Gasteiger partial charge in [0.05, 0.1) is 11.5 Å². The van der Waals surface area contributed by atoms with Gasteiger partial charge in [-0.3, -0.25) is 4.90 Å². The molecule has 0 aliphatic carbocycles. The average molecular weight is 246 g/mol. The quantitative estimate of drug-likeness (QED) is 0.775. The van der Waals surface area contributed by atoms with E-state index in [1.54, 1.807) is 0 Å². The summed E-state index contributed by atoms with van der Waals surface area (Å²) < 4.78 is 23.1. The second kappa shape index (κ2) is 4.27. The lowest BCUT2D eigenvalue weighted by Crippen LogP contribution is -2.47. The number of nitrogens with one attached hydrogen (secondary N) is 1. The highest BCUT2D eigenvalue weighted by molar-refractivity contribution is 7.91. The number of hydrogen-bond acceptors (Lipinski definition) is 4. The van der Waals surface area contributed by atoms with E-state index in [2.05, 4.69) is 24.1 Å². The van der Waals surface area contributed by atoms with Crippen molar-refractivity contribution in [3.63, 3.8) is 0 Å². The van der Waals surface area contributed by atoms with Crippen LogP contribution in [0.25, 0.3) is 0 Å². The number of nitrogens with zero attached hydrogens (tertiary/aromatic N) is 1. The van der Waals surface area contributed by atoms with Crippen LogP contribution in [0, 0.1) is 0 Å². The van der Waals surface area contributed by atoms with Crippen molar-refractivity contribution in [1.29, 1.82) is 0 Å². The van der Waals surface area contributed by atoms with E-state index in [0.717, 1.165) is 32.5 Å². The molecule has 0 aromatic rings. The molecular weight excluding hydrogens is 224 g/mol. The van der Waals surface area contributed by atoms with Gasteiger partial charge in [0.1, 0.15) is 0 Å². The largest absolute Gasteiger partial charge is 0.313 e. The van der Waals surface area contributed by atoms with Crippen LogP contribution in [0.1, 0.15) is 26.7 Å². The van der Waals surface area contributed by atoms with Crippen molar-refractivity contribution in [3.05, 3.63) is 0 Å². The van der Waals surface area contributed by atoms with Crippen molar-refractivity contribution in [2.75, 3.05) is 31.1 Å². The minimum atomic E-state index is -2.78. The summed E-state index contributed by atoms with van der Waals surface area (Å²) >= 11 is 0. The van der Waals surface area contributed by atoms with Crippen molar-refractivity contribution in [3.8, 4) is 0 Å². The molecule has 2 fully saturated rings. The predicted molar refractivity (Wildman–Crippen MR) is 65.3 cm³/mol. The number of hydrogen-bond donors (Lipinski definition) is 1. The molecule has 16 heavy (non-hydrogen) atoms. The third-order valence-electron chi connectivity index (χ3n) is 3.93. The SMILES string of the molecule is CCNC1CCN(C2(C)CCS(=O)(=O)C2)C1. The molecule has 0 radical (unpaired) electrons. The molecular formula is C11H22N2O2S. The van der Waals surface area contributed by atoms with Crippen LogP contribution in [0.5, 0.6) is 0 Å². The fraction of sp³-hybridized carbons (Fsp3) is 1.00. The van der Waals surface area contributed by atoms with E-state index < -0.39 is 9.84 Å². The molecule has 0 aromatic heterocycles. The van der Waals surface area contributed by atoms with Crippen molar-refractivity contribution >= 4 is 9.84 Å². The summed E-state index contributed by atoms with van der Waals surface area (Å²) in [5, 5.41) is 3.44. The molecule has 2 aliphatic heterocycles. The highest BCUT2D eigenvalue weighted by atomic mass is 32.2. The summed E-state index contributed by atoms with van der Waals surface area (Å²) in [6.45, 7) is 7.24. The van der Waals surface area contributed by atoms with Gasteiger partial charge in [-0.1, -0.05) is 6.92 Å². The number of sulfone groups is 1. The monoisotopic (exact) mass is 246 g/mol. The van der Waals surface area contributed by atoms with E-state index in [4.69, 9.17) is 0 Å². The fourth-order valence-corrected chi connectivity index (χ4v) is 5.12. The van der Waals surface area contributed by atoms with E-state index in [-0.39, 0.29) is 5.54 Å². The van der Waals surface area contributed by atoms with Gasteiger partial charge < -0.3 is 5.32 Å². The smallest absolute Gasteiger partial charge is 0.152 e. The van der Waals surface area contributed by atoms with Gasteiger partial charge in [0, 0.05) is 24.7 Å². The molecule has 94 valence electrons. The topological polar surface area (TPSA) is 49.4 Å². The molecule has 0 saturated carbocycles. The summed E-state index contributed by atoms with van der Waals surface area (Å²) in [4.78, 5) is 2.37. The third-order valence-corrected chi connectivity index (χ3v) is 5.81. The Hall–Kier alpha value is -0.130. The number of likely N-dealkylation sites (N-methyl/N-ethyl adjacent to an activating group) is 1. The van der Waals surface area contributed by atoms with Gasteiger partial charge in [-0.2, -0.15) is 0 Å². The highest BCUT2D eigenvalue weighted by Crippen LogP contribution is 2.32. The van der Waals surface area contributed by atoms with Gasteiger partial charge in [0.2, 0.25) is 0 Å². The van der Waals surface area contributed by atoms with Crippen LogP contribution in [0.4, 0.5) is 0 Å². The van der Waals surface area contributed by atoms with Crippen LogP contribution in [0.2, 0.25) is 0 Å². The molecule has 2 atom stereocenters. The summed E-state index contributed by atoms with van der Waals surface area (Å²) in [7, 11) is -2.78. The maximum absolute atomic E-state index is 11.6. The molecule has 4 nitrogen and oxygen atoms in total. The Balaban J connectivity index is 1.99. The first-order valence-corrected chi connectivity index (χ1v) is 7.96. The maximum atomic E-state index is 11.6. The second-order valence-corrected chi connectivity index (χ2v) is 7.51. The highest BCUT2D eigenvalue weighted by Gasteiger charge is 2.44. The molecule has 2 heterocycles. The molecule has 0 amide bonds. The Morgan fingerprint density at radius 3 is 2.81 bits per heavy atom. The lowest BCUT2D eigenvalue weighted by atomic mass is 10.00. The lowest BCUT2D eigenvalue weighted by molar-refractivity contribution is 0.158. The minimum Gasteiger partial charge on any atom is -0.313 e. The van der Waals surface area contributed by atoms with Crippen molar-refractivity contribution < 1.29 is 8.42 Å². The van der Waals surface area contributed by atoms with Gasteiger partial charge in [0.15, 0.2) is 9.84 Å². The molecule has 2 aliphatic rings. The van der Waals surface area contributed by atoms with E-state index in [9.17, 15) is 8.42 Å². The second-order valence-electron chi connectivity index (χ2n) is 5.33. The molecule has 0 bridgehead atoms. The normalized spacial score (nSPS) is 39.2. The van der Waals surface area contributed by atoms with E-state index in [0.29, 0.717) is 17.5 Å².